The van der Waals surface area contributed by atoms with Crippen LogP contribution in [-0.2, 0) is 49.6 Å². The minimum absolute atomic E-state index is 0.0488. The predicted octanol–water partition coefficient (Wildman–Crippen LogP) is 4.69. The van der Waals surface area contributed by atoms with E-state index in [2.05, 4.69) is 31.9 Å². The summed E-state index contributed by atoms with van der Waals surface area (Å²) in [6.07, 6.45) is -0.665. The Bertz CT molecular complexity index is 2340. The van der Waals surface area contributed by atoms with E-state index in [4.69, 9.17) is 19.9 Å². The molecule has 0 aliphatic carbocycles. The van der Waals surface area contributed by atoms with Crippen molar-refractivity contribution in [1.29, 1.82) is 0 Å². The molecule has 2 aromatic rings. The van der Waals surface area contributed by atoms with Crippen LogP contribution < -0.4 is 37.6 Å². The molecule has 1 aliphatic rings. The van der Waals surface area contributed by atoms with Gasteiger partial charge in [0.05, 0.1) is 54.8 Å². The van der Waals surface area contributed by atoms with Gasteiger partial charge in [0, 0.05) is 47.1 Å². The van der Waals surface area contributed by atoms with Gasteiger partial charge in [-0.1, -0.05) is 111 Å². The van der Waals surface area contributed by atoms with E-state index in [0.717, 1.165) is 0 Å². The summed E-state index contributed by atoms with van der Waals surface area (Å²) in [7, 11) is 7.80. The number of hydrogen-bond acceptors (Lipinski definition) is 13. The van der Waals surface area contributed by atoms with Crippen molar-refractivity contribution in [3.8, 4) is 0 Å². The molecule has 1 heterocycles. The second-order valence-corrected chi connectivity index (χ2v) is 22.5. The molecule has 0 aromatic heterocycles. The lowest BCUT2D eigenvalue weighted by Gasteiger charge is -2.41. The number of benzene rings is 2. The fraction of sp³-hybridized carbons (Fsp3) is 0.661. The number of carbonyl (C=O) groups is 8. The highest BCUT2D eigenvalue weighted by atomic mass is 16.6. The first kappa shape index (κ1) is 68.9. The number of ether oxygens (including phenoxy) is 3. The lowest BCUT2D eigenvalue weighted by molar-refractivity contribution is -0.148. The number of methoxy groups -OCH3 is 2. The number of amides is 9. The normalized spacial score (nSPS) is 17.5. The van der Waals surface area contributed by atoms with Crippen LogP contribution in [-0.4, -0.2) is 170 Å². The second kappa shape index (κ2) is 33.5. The maximum Gasteiger partial charge on any atom is 0.410 e. The van der Waals surface area contributed by atoms with Gasteiger partial charge < -0.3 is 66.8 Å². The van der Waals surface area contributed by atoms with Crippen molar-refractivity contribution in [2.24, 2.45) is 35.3 Å². The lowest BCUT2D eigenvalue weighted by atomic mass is 9.89. The van der Waals surface area contributed by atoms with E-state index in [-0.39, 0.29) is 55.6 Å². The molecule has 12 atom stereocenters. The van der Waals surface area contributed by atoms with Gasteiger partial charge in [-0.05, 0) is 86.6 Å². The Labute approximate surface area is 480 Å². The molecule has 0 saturated carbocycles. The van der Waals surface area contributed by atoms with E-state index < -0.39 is 108 Å². The Hall–Kier alpha value is -6.36. The number of hydrogen-bond donors (Lipinski definition) is 8. The van der Waals surface area contributed by atoms with Crippen LogP contribution >= 0.6 is 0 Å². The van der Waals surface area contributed by atoms with Crippen LogP contribution in [0.5, 0.6) is 0 Å². The number of anilines is 1. The molecule has 0 radical (unpaired) electrons. The summed E-state index contributed by atoms with van der Waals surface area (Å²) in [5.74, 6) is -3.99. The van der Waals surface area contributed by atoms with Gasteiger partial charge in [0.2, 0.25) is 35.4 Å². The number of rotatable bonds is 32. The van der Waals surface area contributed by atoms with Gasteiger partial charge in [-0.15, -0.1) is 0 Å². The number of aliphatic hydroxyl groups is 1. The van der Waals surface area contributed by atoms with E-state index in [1.165, 1.54) is 26.2 Å². The van der Waals surface area contributed by atoms with Crippen molar-refractivity contribution in [3.05, 3.63) is 65.7 Å². The first-order chi connectivity index (χ1) is 38.2. The average molecular weight is 1140 g/mol. The summed E-state index contributed by atoms with van der Waals surface area (Å²) in [4.78, 5) is 113. The molecule has 1 saturated heterocycles. The van der Waals surface area contributed by atoms with Gasteiger partial charge in [-0.2, -0.15) is 0 Å². The second-order valence-electron chi connectivity index (χ2n) is 22.5. The summed E-state index contributed by atoms with van der Waals surface area (Å²) >= 11 is 0. The molecule has 0 bridgehead atoms. The number of likely N-dealkylation sites (tertiary alicyclic amines) is 1. The Morgan fingerprint density at radius 1 is 0.765 bits per heavy atom. The van der Waals surface area contributed by atoms with Gasteiger partial charge in [0.25, 0.3) is 0 Å². The van der Waals surface area contributed by atoms with Crippen LogP contribution in [0.25, 0.3) is 0 Å². The van der Waals surface area contributed by atoms with Crippen molar-refractivity contribution in [1.82, 2.24) is 41.3 Å². The van der Waals surface area contributed by atoms with Gasteiger partial charge in [-0.25, -0.2) is 9.59 Å². The van der Waals surface area contributed by atoms with Gasteiger partial charge in [0.15, 0.2) is 0 Å². The maximum atomic E-state index is 14.7. The van der Waals surface area contributed by atoms with Crippen LogP contribution in [0.3, 0.4) is 0 Å². The number of aliphatic hydroxyl groups excluding tert-OH is 1. The Kier molecular flexibility index (Phi) is 28.5. The number of carbonyl (C=O) groups excluding carboxylic acids is 8. The minimum atomic E-state index is -1.05. The third kappa shape index (κ3) is 19.9. The van der Waals surface area contributed by atoms with Crippen LogP contribution in [0.15, 0.2) is 54.6 Å². The van der Waals surface area contributed by atoms with Crippen molar-refractivity contribution >= 4 is 53.3 Å². The monoisotopic (exact) mass is 1140 g/mol. The molecule has 9 amide bonds. The first-order valence-electron chi connectivity index (χ1n) is 28.5. The third-order valence-electron chi connectivity index (χ3n) is 15.5. The smallest absolute Gasteiger partial charge is 0.410 e. The van der Waals surface area contributed by atoms with E-state index in [1.807, 2.05) is 59.7 Å². The van der Waals surface area contributed by atoms with Crippen LogP contribution in [0, 0.1) is 29.6 Å². The Morgan fingerprint density at radius 2 is 1.40 bits per heavy atom. The summed E-state index contributed by atoms with van der Waals surface area (Å²) in [5.41, 5.74) is 6.86. The molecular weight excluding hydrogens is 1040 g/mol. The Balaban J connectivity index is 1.71. The van der Waals surface area contributed by atoms with Crippen molar-refractivity contribution < 1.29 is 57.7 Å². The highest BCUT2D eigenvalue weighted by molar-refractivity contribution is 5.98. The number of primary amides is 1. The van der Waals surface area contributed by atoms with E-state index in [0.29, 0.717) is 49.0 Å². The molecule has 1 fully saturated rings. The number of urea groups is 1. The van der Waals surface area contributed by atoms with Gasteiger partial charge >= 0.3 is 12.1 Å². The van der Waals surface area contributed by atoms with Crippen molar-refractivity contribution in [3.63, 3.8) is 0 Å². The number of nitrogens with two attached hydrogens (primary N) is 1. The highest BCUT2D eigenvalue weighted by Crippen LogP contribution is 2.30. The predicted molar refractivity (Wildman–Crippen MR) is 310 cm³/mol. The molecule has 454 valence electrons. The molecule has 3 rings (SSSR count). The molecule has 2 aromatic carbocycles. The molecule has 1 unspecified atom stereocenters. The summed E-state index contributed by atoms with van der Waals surface area (Å²) in [5, 5.41) is 27.9. The summed E-state index contributed by atoms with van der Waals surface area (Å²) in [6, 6.07) is 9.81. The molecular formula is C59H96N10O12. The standard InChI is InChI=1S/C59H96N10O12/c1-16-37(8)50(45(79-14)32-46(70)69-31-21-25-44(69)52(80-15)38(9)53(72)63-39(10)51(71)41-22-18-17-19-23-41)67(12)57(76)48(35(4)5)66-56(75)49(36(6)7)68(13)59(78)81-33-40-26-28-42(29-27-40)64-54(73)43(24-20-30-62-58(60)77)65-55(74)47(61-11)34(2)3/h17-19,22-23,26-29,34-39,43-45,47-52,61,71H,16,20-21,24-25,30-33H2,1-15H3,(H,63,72)(H,64,73)(H,65,74)(H,66,75)(H3,60,62,77)/t37?,38-,39-,43+,44+,45-,47+,48+,49+,50+,51-,52-/m1/s1. The maximum absolute atomic E-state index is 14.7. The van der Waals surface area contributed by atoms with Crippen molar-refractivity contribution in [2.75, 3.05) is 53.8 Å². The zero-order valence-electron chi connectivity index (χ0n) is 50.6. The molecule has 0 spiro atoms. The van der Waals surface area contributed by atoms with Gasteiger partial charge in [0.1, 0.15) is 24.7 Å². The minimum Gasteiger partial charge on any atom is -0.445 e. The molecule has 9 N–H and O–H groups in total. The van der Waals surface area contributed by atoms with Crippen molar-refractivity contribution in [2.45, 2.75) is 175 Å². The summed E-state index contributed by atoms with van der Waals surface area (Å²) in [6.45, 7) is 18.9. The zero-order chi connectivity index (χ0) is 60.8. The third-order valence-corrected chi connectivity index (χ3v) is 15.5. The fourth-order valence-electron chi connectivity index (χ4n) is 10.7. The largest absolute Gasteiger partial charge is 0.445 e. The van der Waals surface area contributed by atoms with E-state index >= 15 is 0 Å². The van der Waals surface area contributed by atoms with Crippen LogP contribution in [0.4, 0.5) is 15.3 Å². The summed E-state index contributed by atoms with van der Waals surface area (Å²) < 4.78 is 17.7. The molecule has 81 heavy (non-hydrogen) atoms. The zero-order valence-corrected chi connectivity index (χ0v) is 50.6. The SMILES string of the molecule is CCC(C)[C@@H]([C@@H](CC(=O)N1CCC[C@H]1[C@H](OC)[C@@H](C)C(=O)N[C@H](C)[C@@H](O)c1ccccc1)OC)N(C)C(=O)[C@@H](NC(=O)[C@H](C(C)C)N(C)C(=O)OCc1ccc(NC(=O)[C@H](CCCNC(N)=O)NC(=O)[C@@H](NC)C(C)C)cc1)C(C)C. The first-order valence-corrected chi connectivity index (χ1v) is 28.5. The average Bonchev–Trinajstić information content (AvgIpc) is 3.99. The highest BCUT2D eigenvalue weighted by Gasteiger charge is 2.44. The lowest BCUT2D eigenvalue weighted by Crippen LogP contribution is -2.60. The van der Waals surface area contributed by atoms with Crippen LogP contribution in [0.1, 0.15) is 125 Å². The van der Waals surface area contributed by atoms with E-state index in [1.54, 1.807) is 88.0 Å². The van der Waals surface area contributed by atoms with Crippen LogP contribution in [0.2, 0.25) is 0 Å². The number of nitrogens with one attached hydrogen (secondary N) is 6. The molecule has 22 nitrogen and oxygen atoms in total. The fourth-order valence-corrected chi connectivity index (χ4v) is 10.7. The van der Waals surface area contributed by atoms with Gasteiger partial charge in [-0.3, -0.25) is 33.7 Å². The quantitative estimate of drug-likeness (QED) is 0.0462. The number of nitrogens with zero attached hydrogens (tertiary/aromatic N) is 3. The van der Waals surface area contributed by atoms with E-state index in [9.17, 15) is 43.5 Å². The topological polar surface area (TPSA) is 292 Å². The molecule has 22 heteroatoms. The number of likely N-dealkylation sites (N-methyl/N-ethyl adjacent to an activating group) is 3. The Morgan fingerprint density at radius 3 is 1.94 bits per heavy atom. The molecule has 1 aliphatic heterocycles.